The van der Waals surface area contributed by atoms with Gasteiger partial charge in [-0.2, -0.15) is 0 Å². The van der Waals surface area contributed by atoms with Crippen molar-refractivity contribution in [2.75, 3.05) is 5.32 Å². The molecule has 4 atom stereocenters. The molecule has 4 unspecified atom stereocenters. The predicted octanol–water partition coefficient (Wildman–Crippen LogP) is 7.93. The number of aryl methyl sites for hydroxylation is 1. The summed E-state index contributed by atoms with van der Waals surface area (Å²) in [7, 11) is 0. The molecule has 43 heavy (non-hydrogen) atoms. The Morgan fingerprint density at radius 3 is 2.42 bits per heavy atom. The Hall–Kier alpha value is -4.19. The highest BCUT2D eigenvalue weighted by atomic mass is 35.5. The topological polar surface area (TPSA) is 66.5 Å². The third kappa shape index (κ3) is 4.10. The Bertz CT molecular complexity index is 1830. The van der Waals surface area contributed by atoms with E-state index in [4.69, 9.17) is 23.2 Å². The van der Waals surface area contributed by atoms with Crippen molar-refractivity contribution in [3.63, 3.8) is 0 Å². The molecule has 0 radical (unpaired) electrons. The van der Waals surface area contributed by atoms with Crippen molar-refractivity contribution >= 4 is 52.4 Å². The highest BCUT2D eigenvalue weighted by Crippen LogP contribution is 2.62. The minimum absolute atomic E-state index is 0.197. The van der Waals surface area contributed by atoms with Crippen molar-refractivity contribution in [2.45, 2.75) is 37.3 Å². The highest BCUT2D eigenvalue weighted by molar-refractivity contribution is 6.37. The number of nitrogens with one attached hydrogen (secondary N) is 1. The summed E-state index contributed by atoms with van der Waals surface area (Å²) in [5.41, 5.74) is 3.61. The van der Waals surface area contributed by atoms with Crippen LogP contribution < -0.4 is 5.32 Å². The van der Waals surface area contributed by atoms with Gasteiger partial charge in [-0.15, -0.1) is 0 Å². The highest BCUT2D eigenvalue weighted by Gasteiger charge is 2.70. The lowest BCUT2D eigenvalue weighted by molar-refractivity contribution is -0.122. The smallest absolute Gasteiger partial charge is 0.238 e. The number of rotatable bonds is 6. The summed E-state index contributed by atoms with van der Waals surface area (Å²) < 4.78 is 0. The van der Waals surface area contributed by atoms with Gasteiger partial charge in [-0.1, -0.05) is 103 Å². The second-order valence-corrected chi connectivity index (χ2v) is 12.2. The van der Waals surface area contributed by atoms with Gasteiger partial charge >= 0.3 is 0 Å². The Kier molecular flexibility index (Phi) is 6.76. The molecule has 0 aliphatic carbocycles. The van der Waals surface area contributed by atoms with E-state index in [0.717, 1.165) is 29.5 Å². The molecule has 3 aliphatic rings. The van der Waals surface area contributed by atoms with Crippen molar-refractivity contribution in [1.82, 2.24) is 4.90 Å². The number of Topliss-reactive ketones (excluding diaryl/α,β-unsaturated/α-hetero) is 2. The van der Waals surface area contributed by atoms with Crippen molar-refractivity contribution in [2.24, 2.45) is 5.92 Å². The van der Waals surface area contributed by atoms with E-state index in [1.54, 1.807) is 12.1 Å². The molecule has 7 heteroatoms. The minimum Gasteiger partial charge on any atom is -0.358 e. The standard InChI is InChI=1S/C36H28Cl2N2O3/c1-2-7-21-12-14-23(15-13-21)32(41)30-31(33(42)26-17-16-24(37)20-28(26)38)40-19-18-22-8-3-4-9-25(22)34(40)36(30)27-10-5-6-11-29(27)39-35(36)43/h3-6,8-20,30-31,34H,2,7H2,1H3,(H,39,43). The van der Waals surface area contributed by atoms with E-state index in [1.807, 2.05) is 90.0 Å². The van der Waals surface area contributed by atoms with E-state index in [1.165, 1.54) is 6.07 Å². The number of hydrogen-bond acceptors (Lipinski definition) is 4. The van der Waals surface area contributed by atoms with Crippen LogP contribution in [0.2, 0.25) is 10.0 Å². The first-order valence-electron chi connectivity index (χ1n) is 14.4. The van der Waals surface area contributed by atoms with E-state index in [-0.39, 0.29) is 28.1 Å². The summed E-state index contributed by atoms with van der Waals surface area (Å²) in [6.45, 7) is 2.11. The number of anilines is 1. The molecule has 4 aromatic rings. The molecule has 0 bridgehead atoms. The molecule has 7 rings (SSSR count). The zero-order valence-corrected chi connectivity index (χ0v) is 24.9. The third-order valence-corrected chi connectivity index (χ3v) is 9.64. The molecule has 1 N–H and O–H groups in total. The van der Waals surface area contributed by atoms with Gasteiger partial charge in [0.25, 0.3) is 0 Å². The first-order valence-corrected chi connectivity index (χ1v) is 15.2. The first kappa shape index (κ1) is 27.6. The molecule has 3 heterocycles. The number of halogens is 2. The molecule has 214 valence electrons. The van der Waals surface area contributed by atoms with Gasteiger partial charge in [0.1, 0.15) is 11.5 Å². The van der Waals surface area contributed by atoms with Gasteiger partial charge in [-0.05, 0) is 59.0 Å². The number of para-hydroxylation sites is 1. The summed E-state index contributed by atoms with van der Waals surface area (Å²) in [5, 5.41) is 3.68. The summed E-state index contributed by atoms with van der Waals surface area (Å²) in [5.74, 6) is -1.97. The molecule has 1 fully saturated rings. The van der Waals surface area contributed by atoms with Gasteiger partial charge in [-0.3, -0.25) is 14.4 Å². The second kappa shape index (κ2) is 10.5. The fourth-order valence-electron chi connectivity index (χ4n) is 7.32. The number of hydrogen-bond donors (Lipinski definition) is 1. The van der Waals surface area contributed by atoms with Gasteiger partial charge in [-0.25, -0.2) is 0 Å². The van der Waals surface area contributed by atoms with Crippen molar-refractivity contribution in [3.05, 3.63) is 141 Å². The molecular weight excluding hydrogens is 579 g/mol. The number of carbonyl (C=O) groups excluding carboxylic acids is 3. The average Bonchev–Trinajstić information content (AvgIpc) is 3.49. The van der Waals surface area contributed by atoms with E-state index in [9.17, 15) is 14.4 Å². The number of carbonyl (C=O) groups is 3. The van der Waals surface area contributed by atoms with Crippen LogP contribution in [0.3, 0.4) is 0 Å². The molecule has 1 amide bonds. The maximum atomic E-state index is 14.9. The molecule has 0 aromatic heterocycles. The van der Waals surface area contributed by atoms with Crippen molar-refractivity contribution in [1.29, 1.82) is 0 Å². The summed E-state index contributed by atoms with van der Waals surface area (Å²) in [4.78, 5) is 46.1. The summed E-state index contributed by atoms with van der Waals surface area (Å²) >= 11 is 12.8. The predicted molar refractivity (Wildman–Crippen MR) is 170 cm³/mol. The quantitative estimate of drug-likeness (QED) is 0.226. The van der Waals surface area contributed by atoms with Gasteiger partial charge in [0.2, 0.25) is 5.91 Å². The zero-order chi connectivity index (χ0) is 29.9. The first-order chi connectivity index (χ1) is 20.9. The maximum absolute atomic E-state index is 14.9. The number of fused-ring (bicyclic) bond motifs is 6. The molecule has 1 spiro atoms. The Morgan fingerprint density at radius 2 is 1.65 bits per heavy atom. The summed E-state index contributed by atoms with van der Waals surface area (Å²) in [6.07, 6.45) is 5.67. The lowest BCUT2D eigenvalue weighted by atomic mass is 9.62. The fourth-order valence-corrected chi connectivity index (χ4v) is 7.82. The van der Waals surface area contributed by atoms with Gasteiger partial charge < -0.3 is 10.2 Å². The molecular formula is C36H28Cl2N2O3. The molecule has 1 saturated heterocycles. The number of amides is 1. The van der Waals surface area contributed by atoms with E-state index >= 15 is 0 Å². The van der Waals surface area contributed by atoms with Crippen LogP contribution in [0.1, 0.15) is 62.4 Å². The lowest BCUT2D eigenvalue weighted by Gasteiger charge is -2.38. The van der Waals surface area contributed by atoms with Crippen LogP contribution in [-0.4, -0.2) is 28.4 Å². The molecule has 0 saturated carbocycles. The minimum atomic E-state index is -1.39. The van der Waals surface area contributed by atoms with Crippen LogP contribution in [-0.2, 0) is 16.6 Å². The third-order valence-electron chi connectivity index (χ3n) is 9.10. The lowest BCUT2D eigenvalue weighted by Crippen LogP contribution is -2.49. The Morgan fingerprint density at radius 1 is 0.907 bits per heavy atom. The van der Waals surface area contributed by atoms with E-state index < -0.39 is 23.4 Å². The molecule has 4 aromatic carbocycles. The fraction of sp³-hybridized carbons (Fsp3) is 0.194. The summed E-state index contributed by atoms with van der Waals surface area (Å²) in [6, 6.07) is 26.0. The number of ketones is 2. The SMILES string of the molecule is CCCc1ccc(C(=O)C2C(C(=O)c3ccc(Cl)cc3Cl)N3C=Cc4ccccc4C3C23C(=O)Nc2ccccc23)cc1. The zero-order valence-electron chi connectivity index (χ0n) is 23.4. The van der Waals surface area contributed by atoms with Crippen LogP contribution in [0.15, 0.2) is 97.2 Å². The van der Waals surface area contributed by atoms with Gasteiger partial charge in [0.15, 0.2) is 11.6 Å². The van der Waals surface area contributed by atoms with Crippen LogP contribution in [0, 0.1) is 5.92 Å². The normalized spacial score (nSPS) is 23.1. The van der Waals surface area contributed by atoms with Gasteiger partial charge in [0.05, 0.1) is 17.0 Å². The van der Waals surface area contributed by atoms with Crippen molar-refractivity contribution < 1.29 is 14.4 Å². The average molecular weight is 608 g/mol. The van der Waals surface area contributed by atoms with Crippen LogP contribution in [0.4, 0.5) is 5.69 Å². The largest absolute Gasteiger partial charge is 0.358 e. The number of benzene rings is 4. The van der Waals surface area contributed by atoms with Crippen LogP contribution in [0.25, 0.3) is 6.08 Å². The van der Waals surface area contributed by atoms with E-state index in [0.29, 0.717) is 21.8 Å². The Balaban J connectivity index is 1.51. The van der Waals surface area contributed by atoms with Gasteiger partial charge in [0, 0.05) is 28.0 Å². The van der Waals surface area contributed by atoms with Crippen LogP contribution >= 0.6 is 23.2 Å². The molecule has 5 nitrogen and oxygen atoms in total. The second-order valence-electron chi connectivity index (χ2n) is 11.4. The maximum Gasteiger partial charge on any atom is 0.238 e. The monoisotopic (exact) mass is 606 g/mol. The van der Waals surface area contributed by atoms with Crippen LogP contribution in [0.5, 0.6) is 0 Å². The van der Waals surface area contributed by atoms with E-state index in [2.05, 4.69) is 12.2 Å². The van der Waals surface area contributed by atoms with Crippen molar-refractivity contribution in [3.8, 4) is 0 Å². The Labute approximate surface area is 260 Å². The number of nitrogens with zero attached hydrogens (tertiary/aromatic N) is 1. The molecule has 3 aliphatic heterocycles.